The van der Waals surface area contributed by atoms with Gasteiger partial charge in [-0.05, 0) is 60.1 Å². The van der Waals surface area contributed by atoms with Crippen molar-refractivity contribution in [3.63, 3.8) is 0 Å². The zero-order valence-corrected chi connectivity index (χ0v) is 16.9. The van der Waals surface area contributed by atoms with Crippen molar-refractivity contribution in [1.29, 1.82) is 0 Å². The molecular weight excluding hydrogens is 334 g/mol. The summed E-state index contributed by atoms with van der Waals surface area (Å²) in [4.78, 5) is 12.0. The van der Waals surface area contributed by atoms with E-state index in [-0.39, 0.29) is 11.3 Å². The lowest BCUT2D eigenvalue weighted by Gasteiger charge is -2.18. The van der Waals surface area contributed by atoms with E-state index in [1.165, 1.54) is 11.1 Å². The zero-order valence-electron chi connectivity index (χ0n) is 16.9. The minimum atomic E-state index is -0.0541. The first-order chi connectivity index (χ1) is 12.9. The molecule has 2 aromatic rings. The van der Waals surface area contributed by atoms with Gasteiger partial charge in [0.25, 0.3) is 0 Å². The van der Waals surface area contributed by atoms with Gasteiger partial charge in [0.15, 0.2) is 0 Å². The second kappa shape index (κ2) is 9.96. The number of nitrogens with one attached hydrogen (secondary N) is 1. The van der Waals surface area contributed by atoms with Crippen LogP contribution in [0.25, 0.3) is 6.08 Å². The summed E-state index contributed by atoms with van der Waals surface area (Å²) in [5.41, 5.74) is 3.72. The standard InChI is InChI=1S/C24H31NO2/c1-5-27-22-15-10-19(11-16-22)7-6-18-25-23(26)17-12-20-8-13-21(14-9-20)24(2,3)4/h8-17H,5-7,18H2,1-4H3,(H,25,26)/b17-12+. The van der Waals surface area contributed by atoms with E-state index in [0.29, 0.717) is 13.2 Å². The summed E-state index contributed by atoms with van der Waals surface area (Å²) >= 11 is 0. The molecule has 0 saturated carbocycles. The highest BCUT2D eigenvalue weighted by atomic mass is 16.5. The summed E-state index contributed by atoms with van der Waals surface area (Å²) in [7, 11) is 0. The van der Waals surface area contributed by atoms with Crippen LogP contribution >= 0.6 is 0 Å². The Bertz CT molecular complexity index is 737. The van der Waals surface area contributed by atoms with Crippen LogP contribution in [0.4, 0.5) is 0 Å². The molecule has 1 amide bonds. The van der Waals surface area contributed by atoms with Crippen LogP contribution in [0.1, 0.15) is 50.8 Å². The minimum Gasteiger partial charge on any atom is -0.494 e. The minimum absolute atomic E-state index is 0.0541. The van der Waals surface area contributed by atoms with E-state index in [4.69, 9.17) is 4.74 Å². The van der Waals surface area contributed by atoms with E-state index in [2.05, 4.69) is 62.5 Å². The van der Waals surface area contributed by atoms with E-state index in [1.54, 1.807) is 6.08 Å². The van der Waals surface area contributed by atoms with Crippen molar-refractivity contribution in [3.05, 3.63) is 71.3 Å². The molecule has 2 rings (SSSR count). The van der Waals surface area contributed by atoms with Crippen LogP contribution in [0.2, 0.25) is 0 Å². The molecule has 144 valence electrons. The van der Waals surface area contributed by atoms with Crippen LogP contribution in [-0.2, 0) is 16.6 Å². The van der Waals surface area contributed by atoms with Crippen molar-refractivity contribution in [1.82, 2.24) is 5.32 Å². The van der Waals surface area contributed by atoms with Crippen molar-refractivity contribution in [2.24, 2.45) is 0 Å². The molecule has 0 aliphatic carbocycles. The van der Waals surface area contributed by atoms with Gasteiger partial charge in [-0.1, -0.05) is 57.2 Å². The van der Waals surface area contributed by atoms with Gasteiger partial charge in [0.2, 0.25) is 5.91 Å². The van der Waals surface area contributed by atoms with Gasteiger partial charge in [-0.15, -0.1) is 0 Å². The molecule has 0 unspecified atom stereocenters. The lowest BCUT2D eigenvalue weighted by molar-refractivity contribution is -0.116. The Labute approximate surface area is 163 Å². The van der Waals surface area contributed by atoms with Gasteiger partial charge in [-0.2, -0.15) is 0 Å². The molecule has 3 heteroatoms. The molecule has 0 saturated heterocycles. The Balaban J connectivity index is 1.72. The summed E-state index contributed by atoms with van der Waals surface area (Å²) < 4.78 is 5.44. The predicted octanol–water partition coefficient (Wildman–Crippen LogP) is 5.15. The van der Waals surface area contributed by atoms with E-state index < -0.39 is 0 Å². The second-order valence-electron chi connectivity index (χ2n) is 7.68. The summed E-state index contributed by atoms with van der Waals surface area (Å²) in [6.45, 7) is 9.90. The van der Waals surface area contributed by atoms with E-state index >= 15 is 0 Å². The number of amides is 1. The molecule has 0 aliphatic heterocycles. The highest BCUT2D eigenvalue weighted by molar-refractivity contribution is 5.91. The van der Waals surface area contributed by atoms with Crippen molar-refractivity contribution >= 4 is 12.0 Å². The lowest BCUT2D eigenvalue weighted by atomic mass is 9.87. The second-order valence-corrected chi connectivity index (χ2v) is 7.68. The maximum Gasteiger partial charge on any atom is 0.243 e. The Kier molecular flexibility index (Phi) is 7.66. The fourth-order valence-electron chi connectivity index (χ4n) is 2.75. The molecule has 0 atom stereocenters. The highest BCUT2D eigenvalue weighted by Gasteiger charge is 2.12. The van der Waals surface area contributed by atoms with Crippen molar-refractivity contribution in [2.75, 3.05) is 13.2 Å². The third kappa shape index (κ3) is 7.30. The first-order valence-corrected chi connectivity index (χ1v) is 9.66. The number of aryl methyl sites for hydroxylation is 1. The van der Waals surface area contributed by atoms with Gasteiger partial charge in [0.05, 0.1) is 6.61 Å². The molecule has 0 spiro atoms. The Morgan fingerprint density at radius 3 is 2.30 bits per heavy atom. The third-order valence-electron chi connectivity index (χ3n) is 4.38. The first kappa shape index (κ1) is 20.8. The summed E-state index contributed by atoms with van der Waals surface area (Å²) in [6, 6.07) is 16.5. The molecule has 0 aliphatic rings. The molecule has 0 heterocycles. The number of rotatable bonds is 8. The smallest absolute Gasteiger partial charge is 0.243 e. The van der Waals surface area contributed by atoms with Crippen LogP contribution in [0.15, 0.2) is 54.6 Å². The normalized spacial score (nSPS) is 11.6. The molecule has 1 N–H and O–H groups in total. The number of carbonyl (C=O) groups excluding carboxylic acids is 1. The average molecular weight is 366 g/mol. The van der Waals surface area contributed by atoms with Crippen molar-refractivity contribution in [3.8, 4) is 5.75 Å². The molecular formula is C24H31NO2. The molecule has 0 aromatic heterocycles. The number of benzene rings is 2. The fourth-order valence-corrected chi connectivity index (χ4v) is 2.75. The SMILES string of the molecule is CCOc1ccc(CCCNC(=O)/C=C/c2ccc(C(C)(C)C)cc2)cc1. The van der Waals surface area contributed by atoms with Crippen LogP contribution in [-0.4, -0.2) is 19.1 Å². The summed E-state index contributed by atoms with van der Waals surface area (Å²) in [5.74, 6) is 0.844. The van der Waals surface area contributed by atoms with Crippen LogP contribution in [0.5, 0.6) is 5.75 Å². The van der Waals surface area contributed by atoms with Crippen LogP contribution in [0.3, 0.4) is 0 Å². The monoisotopic (exact) mass is 365 g/mol. The van der Waals surface area contributed by atoms with Crippen LogP contribution < -0.4 is 10.1 Å². The van der Waals surface area contributed by atoms with Gasteiger partial charge < -0.3 is 10.1 Å². The van der Waals surface area contributed by atoms with E-state index in [9.17, 15) is 4.79 Å². The molecule has 3 nitrogen and oxygen atoms in total. The largest absolute Gasteiger partial charge is 0.494 e. The molecule has 27 heavy (non-hydrogen) atoms. The Morgan fingerprint density at radius 1 is 1.04 bits per heavy atom. The number of carbonyl (C=O) groups is 1. The Morgan fingerprint density at radius 2 is 1.70 bits per heavy atom. The molecule has 2 aromatic carbocycles. The third-order valence-corrected chi connectivity index (χ3v) is 4.38. The lowest BCUT2D eigenvalue weighted by Crippen LogP contribution is -2.22. The maximum absolute atomic E-state index is 12.0. The maximum atomic E-state index is 12.0. The van der Waals surface area contributed by atoms with Crippen molar-refractivity contribution in [2.45, 2.75) is 46.0 Å². The van der Waals surface area contributed by atoms with E-state index in [1.807, 2.05) is 25.1 Å². The van der Waals surface area contributed by atoms with E-state index in [0.717, 1.165) is 24.2 Å². The number of hydrogen-bond acceptors (Lipinski definition) is 2. The van der Waals surface area contributed by atoms with Gasteiger partial charge in [-0.25, -0.2) is 0 Å². The molecule has 0 bridgehead atoms. The summed E-state index contributed by atoms with van der Waals surface area (Å²) in [5, 5.41) is 2.94. The first-order valence-electron chi connectivity index (χ1n) is 9.66. The Hall–Kier alpha value is -2.55. The summed E-state index contributed by atoms with van der Waals surface area (Å²) in [6.07, 6.45) is 5.30. The highest BCUT2D eigenvalue weighted by Crippen LogP contribution is 2.22. The van der Waals surface area contributed by atoms with Gasteiger partial charge in [-0.3, -0.25) is 4.79 Å². The van der Waals surface area contributed by atoms with Gasteiger partial charge in [0.1, 0.15) is 5.75 Å². The number of hydrogen-bond donors (Lipinski definition) is 1. The quantitative estimate of drug-likeness (QED) is 0.519. The average Bonchev–Trinajstić information content (AvgIpc) is 2.65. The van der Waals surface area contributed by atoms with Gasteiger partial charge >= 0.3 is 0 Å². The predicted molar refractivity (Wildman–Crippen MR) is 113 cm³/mol. The topological polar surface area (TPSA) is 38.3 Å². The fraction of sp³-hybridized carbons (Fsp3) is 0.375. The van der Waals surface area contributed by atoms with Crippen molar-refractivity contribution < 1.29 is 9.53 Å². The zero-order chi connectivity index (χ0) is 19.7. The van der Waals surface area contributed by atoms with Crippen LogP contribution in [0, 0.1) is 0 Å². The number of ether oxygens (including phenoxy) is 1. The molecule has 0 radical (unpaired) electrons. The molecule has 0 fully saturated rings. The van der Waals surface area contributed by atoms with Gasteiger partial charge in [0, 0.05) is 12.6 Å².